The molecule has 7 rings (SSSR count). The van der Waals surface area contributed by atoms with Crippen LogP contribution in [0.2, 0.25) is 5.02 Å². The van der Waals surface area contributed by atoms with E-state index in [2.05, 4.69) is 49.3 Å². The molecular formula is C41H42ClN5O6. The van der Waals surface area contributed by atoms with Gasteiger partial charge in [0.2, 0.25) is 11.8 Å². The van der Waals surface area contributed by atoms with Crippen molar-refractivity contribution >= 4 is 46.8 Å². The van der Waals surface area contributed by atoms with Gasteiger partial charge in [-0.15, -0.1) is 0 Å². The van der Waals surface area contributed by atoms with Gasteiger partial charge in [-0.25, -0.2) is 0 Å². The molecule has 0 aromatic heterocycles. The molecule has 4 aliphatic rings. The van der Waals surface area contributed by atoms with E-state index >= 15 is 0 Å². The van der Waals surface area contributed by atoms with Crippen LogP contribution in [0.5, 0.6) is 5.75 Å². The first-order valence-electron chi connectivity index (χ1n) is 18.1. The van der Waals surface area contributed by atoms with Crippen molar-refractivity contribution < 1.29 is 28.7 Å². The molecule has 1 saturated carbocycles. The van der Waals surface area contributed by atoms with Gasteiger partial charge < -0.3 is 15.0 Å². The number of benzene rings is 3. The average molecular weight is 736 g/mol. The quantitative estimate of drug-likeness (QED) is 0.253. The number of aryl methyl sites for hydroxylation is 1. The predicted molar refractivity (Wildman–Crippen MR) is 198 cm³/mol. The summed E-state index contributed by atoms with van der Waals surface area (Å²) in [5, 5.41) is 15.0. The van der Waals surface area contributed by atoms with Crippen LogP contribution >= 0.6 is 11.6 Å². The maximum Gasteiger partial charge on any atom is 0.264 e. The molecule has 1 aliphatic carbocycles. The number of hydrogen-bond acceptors (Lipinski definition) is 8. The monoisotopic (exact) mass is 735 g/mol. The summed E-state index contributed by atoms with van der Waals surface area (Å²) in [5.41, 5.74) is 2.74. The number of imide groups is 2. The summed E-state index contributed by atoms with van der Waals surface area (Å²) in [6, 6.07) is 19.0. The second-order valence-electron chi connectivity index (χ2n) is 15.8. The standard InChI is InChI=1S/C41H42ClN5O6/c1-40(2)38(41(3,4)39(40)53-27-16-15-26(20-43)29(42)19-27)45-34(49)25-13-11-23(12-14-25)7-5-8-24-21-46(22-24)30-10-6-9-28-33(30)37(52)47(36(28)51)31-17-18-32(48)44-35(31)50/h6,9-16,19,24,31,38-39H,5,7-8,17-18,21-22H2,1-4H3,(H,45,49)(H,44,48,50)/t31?,38-,39-. The van der Waals surface area contributed by atoms with Crippen molar-refractivity contribution in [2.75, 3.05) is 18.0 Å². The van der Waals surface area contributed by atoms with E-state index in [-0.39, 0.29) is 41.7 Å². The highest BCUT2D eigenvalue weighted by atomic mass is 35.5. The summed E-state index contributed by atoms with van der Waals surface area (Å²) in [6.45, 7) is 9.83. The smallest absolute Gasteiger partial charge is 0.264 e. The van der Waals surface area contributed by atoms with Gasteiger partial charge in [-0.1, -0.05) is 57.5 Å². The number of nitriles is 1. The van der Waals surface area contributed by atoms with E-state index in [1.165, 1.54) is 0 Å². The number of amides is 5. The van der Waals surface area contributed by atoms with Gasteiger partial charge in [-0.05, 0) is 73.6 Å². The lowest BCUT2D eigenvalue weighted by Gasteiger charge is -2.63. The molecular weight excluding hydrogens is 694 g/mol. The Bertz CT molecular complexity index is 2050. The number of fused-ring (bicyclic) bond motifs is 1. The van der Waals surface area contributed by atoms with Crippen LogP contribution in [0.3, 0.4) is 0 Å². The first kappa shape index (κ1) is 36.2. The Hall–Kier alpha value is -5.21. The number of carbonyl (C=O) groups excluding carboxylic acids is 5. The molecule has 274 valence electrons. The molecule has 3 fully saturated rings. The van der Waals surface area contributed by atoms with Crippen molar-refractivity contribution in [1.82, 2.24) is 15.5 Å². The lowest BCUT2D eigenvalue weighted by molar-refractivity contribution is -0.164. The highest BCUT2D eigenvalue weighted by Crippen LogP contribution is 2.55. The van der Waals surface area contributed by atoms with Crippen molar-refractivity contribution in [3.8, 4) is 11.8 Å². The Morgan fingerprint density at radius 1 is 1.00 bits per heavy atom. The van der Waals surface area contributed by atoms with Crippen LogP contribution in [0.4, 0.5) is 5.69 Å². The lowest BCUT2D eigenvalue weighted by atomic mass is 9.49. The third-order valence-corrected chi connectivity index (χ3v) is 11.8. The van der Waals surface area contributed by atoms with E-state index in [1.807, 2.05) is 30.3 Å². The van der Waals surface area contributed by atoms with E-state index in [9.17, 15) is 29.2 Å². The third-order valence-electron chi connectivity index (χ3n) is 11.5. The van der Waals surface area contributed by atoms with Crippen molar-refractivity contribution in [3.05, 3.63) is 93.5 Å². The maximum absolute atomic E-state index is 13.5. The Morgan fingerprint density at radius 2 is 1.72 bits per heavy atom. The topological polar surface area (TPSA) is 149 Å². The van der Waals surface area contributed by atoms with E-state index in [1.54, 1.807) is 30.3 Å². The Labute approximate surface area is 313 Å². The van der Waals surface area contributed by atoms with Crippen LogP contribution in [0.1, 0.15) is 95.6 Å². The zero-order valence-corrected chi connectivity index (χ0v) is 31.0. The summed E-state index contributed by atoms with van der Waals surface area (Å²) in [6.07, 6.45) is 2.85. The SMILES string of the molecule is CC1(C)[C@H](NC(=O)c2ccc(CCCC3CN(c4cccc5c4C(=O)N(C4CCC(=O)NC4=O)C5=O)C3)cc2)C(C)(C)[C@H]1Oc1ccc(C#N)c(Cl)c1. The third kappa shape index (κ3) is 6.43. The van der Waals surface area contributed by atoms with Crippen molar-refractivity contribution in [2.45, 2.75) is 78.0 Å². The fourth-order valence-electron chi connectivity index (χ4n) is 8.94. The molecule has 11 nitrogen and oxygen atoms in total. The molecule has 5 amide bonds. The van der Waals surface area contributed by atoms with Crippen LogP contribution in [0.15, 0.2) is 60.7 Å². The molecule has 0 bridgehead atoms. The fraction of sp³-hybridized carbons (Fsp3) is 0.415. The van der Waals surface area contributed by atoms with Crippen LogP contribution in [-0.4, -0.2) is 65.7 Å². The molecule has 1 atom stereocenters. The van der Waals surface area contributed by atoms with Gasteiger partial charge in [0, 0.05) is 48.0 Å². The number of hydrogen-bond donors (Lipinski definition) is 2. The second kappa shape index (κ2) is 13.6. The number of nitrogens with zero attached hydrogens (tertiary/aromatic N) is 3. The molecule has 2 saturated heterocycles. The zero-order chi connectivity index (χ0) is 37.8. The minimum atomic E-state index is -0.988. The number of carbonyl (C=O) groups is 5. The molecule has 2 N–H and O–H groups in total. The highest BCUT2D eigenvalue weighted by molar-refractivity contribution is 6.31. The minimum absolute atomic E-state index is 0.0818. The largest absolute Gasteiger partial charge is 0.489 e. The normalized spacial score (nSPS) is 23.1. The summed E-state index contributed by atoms with van der Waals surface area (Å²) in [7, 11) is 0. The number of halogens is 1. The van der Waals surface area contributed by atoms with Crippen molar-refractivity contribution in [3.63, 3.8) is 0 Å². The first-order chi connectivity index (χ1) is 25.2. The van der Waals surface area contributed by atoms with E-state index in [0.717, 1.165) is 42.8 Å². The molecule has 53 heavy (non-hydrogen) atoms. The number of nitrogens with one attached hydrogen (secondary N) is 2. The molecule has 0 radical (unpaired) electrons. The van der Waals surface area contributed by atoms with Gasteiger partial charge in [0.1, 0.15) is 24.0 Å². The highest BCUT2D eigenvalue weighted by Gasteiger charge is 2.64. The maximum atomic E-state index is 13.5. The molecule has 3 heterocycles. The van der Waals surface area contributed by atoms with Gasteiger partial charge in [0.25, 0.3) is 17.7 Å². The Kier molecular flexibility index (Phi) is 9.31. The lowest BCUT2D eigenvalue weighted by Crippen LogP contribution is -2.74. The summed E-state index contributed by atoms with van der Waals surface area (Å²) < 4.78 is 6.35. The van der Waals surface area contributed by atoms with Crippen LogP contribution < -0.4 is 20.3 Å². The van der Waals surface area contributed by atoms with Crippen LogP contribution in [-0.2, 0) is 16.0 Å². The van der Waals surface area contributed by atoms with E-state index in [0.29, 0.717) is 44.6 Å². The molecule has 12 heteroatoms. The predicted octanol–water partition coefficient (Wildman–Crippen LogP) is 5.68. The van der Waals surface area contributed by atoms with E-state index in [4.69, 9.17) is 16.3 Å². The summed E-state index contributed by atoms with van der Waals surface area (Å²) in [5.74, 6) is -1.11. The Balaban J connectivity index is 0.888. The Morgan fingerprint density at radius 3 is 2.38 bits per heavy atom. The van der Waals surface area contributed by atoms with Crippen LogP contribution in [0, 0.1) is 28.1 Å². The average Bonchev–Trinajstić information content (AvgIpc) is 3.36. The summed E-state index contributed by atoms with van der Waals surface area (Å²) >= 11 is 6.23. The molecule has 3 aliphatic heterocycles. The summed E-state index contributed by atoms with van der Waals surface area (Å²) in [4.78, 5) is 67.3. The fourth-order valence-corrected chi connectivity index (χ4v) is 9.15. The van der Waals surface area contributed by atoms with Gasteiger partial charge >= 0.3 is 0 Å². The number of anilines is 1. The van der Waals surface area contributed by atoms with Crippen molar-refractivity contribution in [1.29, 1.82) is 5.26 Å². The van der Waals surface area contributed by atoms with E-state index < -0.39 is 29.7 Å². The van der Waals surface area contributed by atoms with Crippen LogP contribution in [0.25, 0.3) is 0 Å². The van der Waals surface area contributed by atoms with Gasteiger partial charge in [-0.2, -0.15) is 5.26 Å². The molecule has 0 spiro atoms. The number of rotatable bonds is 10. The second-order valence-corrected chi connectivity index (χ2v) is 16.2. The molecule has 3 aromatic rings. The first-order valence-corrected chi connectivity index (χ1v) is 18.4. The van der Waals surface area contributed by atoms with Gasteiger partial charge in [0.05, 0.1) is 27.4 Å². The molecule has 1 unspecified atom stereocenters. The van der Waals surface area contributed by atoms with Gasteiger partial charge in [-0.3, -0.25) is 34.2 Å². The minimum Gasteiger partial charge on any atom is -0.489 e. The van der Waals surface area contributed by atoms with Crippen molar-refractivity contribution in [2.24, 2.45) is 16.7 Å². The van der Waals surface area contributed by atoms with Gasteiger partial charge in [0.15, 0.2) is 0 Å². The molecule has 3 aromatic carbocycles. The zero-order valence-electron chi connectivity index (χ0n) is 30.2. The number of ether oxygens (including phenoxy) is 1. The number of piperidine rings is 1.